The van der Waals surface area contributed by atoms with E-state index in [9.17, 15) is 8.42 Å². The zero-order chi connectivity index (χ0) is 18.7. The van der Waals surface area contributed by atoms with E-state index in [1.54, 1.807) is 27.8 Å². The molecule has 0 fully saturated rings. The summed E-state index contributed by atoms with van der Waals surface area (Å²) in [5, 5.41) is 11.0. The van der Waals surface area contributed by atoms with Gasteiger partial charge in [0.05, 0.1) is 17.0 Å². The lowest BCUT2D eigenvalue weighted by Gasteiger charge is -2.25. The van der Waals surface area contributed by atoms with Crippen LogP contribution in [-0.4, -0.2) is 59.3 Å². The summed E-state index contributed by atoms with van der Waals surface area (Å²) in [6.07, 6.45) is 2.66. The first kappa shape index (κ1) is 23.1. The number of hydrogen-bond acceptors (Lipinski definition) is 5. The van der Waals surface area contributed by atoms with Crippen molar-refractivity contribution < 1.29 is 8.42 Å². The predicted molar refractivity (Wildman–Crippen MR) is 115 cm³/mol. The molecule has 0 saturated carbocycles. The third kappa shape index (κ3) is 5.80. The minimum atomic E-state index is -3.14. The Morgan fingerprint density at radius 3 is 2.65 bits per heavy atom. The van der Waals surface area contributed by atoms with Crippen LogP contribution in [-0.2, 0) is 29.2 Å². The summed E-state index contributed by atoms with van der Waals surface area (Å²) < 4.78 is 25.5. The molecule has 8 nitrogen and oxygen atoms in total. The molecule has 0 aromatic carbocycles. The maximum Gasteiger partial charge on any atom is 0.191 e. The molecule has 2 heterocycles. The number of nitrogens with one attached hydrogen (secondary N) is 2. The number of halogens is 1. The zero-order valence-corrected chi connectivity index (χ0v) is 19.4. The molecular formula is C16H31IN6O2S. The highest BCUT2D eigenvalue weighted by Gasteiger charge is 2.28. The molecule has 0 amide bonds. The molecule has 0 saturated heterocycles. The van der Waals surface area contributed by atoms with E-state index < -0.39 is 14.6 Å². The summed E-state index contributed by atoms with van der Waals surface area (Å²) in [4.78, 5) is 8.71. The molecule has 1 atom stereocenters. The summed E-state index contributed by atoms with van der Waals surface area (Å²) in [6.45, 7) is 8.28. The standard InChI is InChI=1S/C16H30N6O2S.HI/c1-6-13-20-14-8-7-12(11-22(14)21-13)19-15(17-5)18-9-10-25(23,24)16(2,3)4;/h12H,6-11H2,1-5H3,(H2,17,18,19);1H. The second-order valence-electron chi connectivity index (χ2n) is 7.29. The highest BCUT2D eigenvalue weighted by molar-refractivity contribution is 14.0. The van der Waals surface area contributed by atoms with Crippen molar-refractivity contribution in [1.29, 1.82) is 0 Å². The average molecular weight is 498 g/mol. The number of hydrogen-bond donors (Lipinski definition) is 2. The Morgan fingerprint density at radius 2 is 2.08 bits per heavy atom. The summed E-state index contributed by atoms with van der Waals surface area (Å²) in [5.74, 6) is 2.61. The fourth-order valence-electron chi connectivity index (χ4n) is 2.63. The summed E-state index contributed by atoms with van der Waals surface area (Å²) >= 11 is 0. The second-order valence-corrected chi connectivity index (χ2v) is 10.2. The molecule has 10 heteroatoms. The predicted octanol–water partition coefficient (Wildman–Crippen LogP) is 1.15. The van der Waals surface area contributed by atoms with Crippen LogP contribution in [0, 0.1) is 0 Å². The molecular weight excluding hydrogens is 467 g/mol. The smallest absolute Gasteiger partial charge is 0.191 e. The average Bonchev–Trinajstić information content (AvgIpc) is 2.95. The first-order chi connectivity index (χ1) is 11.7. The Balaban J connectivity index is 0.00000338. The van der Waals surface area contributed by atoms with Gasteiger partial charge >= 0.3 is 0 Å². The minimum Gasteiger partial charge on any atom is -0.355 e. The molecule has 1 aromatic heterocycles. The molecule has 0 aliphatic carbocycles. The number of aromatic nitrogens is 3. The fourth-order valence-corrected chi connectivity index (χ4v) is 3.61. The summed E-state index contributed by atoms with van der Waals surface area (Å²) in [6, 6.07) is 0.198. The van der Waals surface area contributed by atoms with Crippen LogP contribution < -0.4 is 10.6 Å². The lowest BCUT2D eigenvalue weighted by Crippen LogP contribution is -2.48. The highest BCUT2D eigenvalue weighted by Crippen LogP contribution is 2.15. The quantitative estimate of drug-likeness (QED) is 0.359. The van der Waals surface area contributed by atoms with E-state index in [0.29, 0.717) is 12.5 Å². The number of rotatable bonds is 5. The number of sulfone groups is 1. The van der Waals surface area contributed by atoms with Crippen LogP contribution in [0.25, 0.3) is 0 Å². The van der Waals surface area contributed by atoms with Gasteiger partial charge in [-0.1, -0.05) is 6.92 Å². The van der Waals surface area contributed by atoms with Crippen LogP contribution in [0.5, 0.6) is 0 Å². The van der Waals surface area contributed by atoms with Crippen molar-refractivity contribution >= 4 is 39.8 Å². The van der Waals surface area contributed by atoms with Gasteiger partial charge in [-0.15, -0.1) is 24.0 Å². The maximum atomic E-state index is 12.2. The molecule has 150 valence electrons. The normalized spacial score (nSPS) is 18.0. The van der Waals surface area contributed by atoms with Crippen LogP contribution in [0.2, 0.25) is 0 Å². The first-order valence-electron chi connectivity index (χ1n) is 8.78. The number of aryl methyl sites for hydroxylation is 2. The largest absolute Gasteiger partial charge is 0.355 e. The molecule has 1 aliphatic rings. The molecule has 0 bridgehead atoms. The lowest BCUT2D eigenvalue weighted by molar-refractivity contribution is 0.392. The molecule has 1 aromatic rings. The SMILES string of the molecule is CCc1nc2n(n1)CC(NC(=NC)NCCS(=O)(=O)C(C)(C)C)CC2.I. The van der Waals surface area contributed by atoms with Crippen LogP contribution >= 0.6 is 24.0 Å². The Morgan fingerprint density at radius 1 is 1.38 bits per heavy atom. The van der Waals surface area contributed by atoms with Gasteiger partial charge in [-0.05, 0) is 27.2 Å². The fraction of sp³-hybridized carbons (Fsp3) is 0.812. The lowest BCUT2D eigenvalue weighted by atomic mass is 10.1. The van der Waals surface area contributed by atoms with Crippen LogP contribution in [0.15, 0.2) is 4.99 Å². The van der Waals surface area contributed by atoms with Crippen molar-refractivity contribution in [2.24, 2.45) is 4.99 Å². The second kappa shape index (κ2) is 9.34. The van der Waals surface area contributed by atoms with Gasteiger partial charge in [-0.25, -0.2) is 18.1 Å². The Labute approximate surface area is 173 Å². The van der Waals surface area contributed by atoms with Gasteiger partial charge < -0.3 is 10.6 Å². The maximum absolute atomic E-state index is 12.2. The van der Waals surface area contributed by atoms with Gasteiger partial charge in [0.1, 0.15) is 5.82 Å². The molecule has 0 spiro atoms. The van der Waals surface area contributed by atoms with Crippen LogP contribution in [0.1, 0.15) is 45.8 Å². The van der Waals surface area contributed by atoms with Gasteiger partial charge in [-0.3, -0.25) is 4.99 Å². The van der Waals surface area contributed by atoms with Crippen LogP contribution in [0.4, 0.5) is 0 Å². The van der Waals surface area contributed by atoms with Gasteiger partial charge in [0, 0.05) is 32.5 Å². The van der Waals surface area contributed by atoms with E-state index in [0.717, 1.165) is 37.5 Å². The van der Waals surface area contributed by atoms with Gasteiger partial charge in [0.2, 0.25) is 0 Å². The Hall–Kier alpha value is -0.910. The van der Waals surface area contributed by atoms with Crippen molar-refractivity contribution in [1.82, 2.24) is 25.4 Å². The van der Waals surface area contributed by atoms with E-state index in [-0.39, 0.29) is 35.8 Å². The number of fused-ring (bicyclic) bond motifs is 1. The van der Waals surface area contributed by atoms with E-state index in [1.165, 1.54) is 0 Å². The van der Waals surface area contributed by atoms with Gasteiger partial charge in [0.25, 0.3) is 0 Å². The van der Waals surface area contributed by atoms with Crippen molar-refractivity contribution in [3.8, 4) is 0 Å². The number of guanidine groups is 1. The zero-order valence-electron chi connectivity index (χ0n) is 16.2. The number of nitrogens with zero attached hydrogens (tertiary/aromatic N) is 4. The third-order valence-electron chi connectivity index (χ3n) is 4.38. The Kier molecular flexibility index (Phi) is 8.31. The van der Waals surface area contributed by atoms with Crippen LogP contribution in [0.3, 0.4) is 0 Å². The highest BCUT2D eigenvalue weighted by atomic mass is 127. The monoisotopic (exact) mass is 498 g/mol. The molecule has 26 heavy (non-hydrogen) atoms. The molecule has 1 unspecified atom stereocenters. The van der Waals surface area contributed by atoms with E-state index in [2.05, 4.69) is 32.6 Å². The van der Waals surface area contributed by atoms with Gasteiger partial charge in [-0.2, -0.15) is 5.10 Å². The summed E-state index contributed by atoms with van der Waals surface area (Å²) in [7, 11) is -1.46. The molecule has 1 aliphatic heterocycles. The van der Waals surface area contributed by atoms with E-state index in [4.69, 9.17) is 0 Å². The topological polar surface area (TPSA) is 101 Å². The number of aliphatic imine (C=N–C) groups is 1. The van der Waals surface area contributed by atoms with E-state index >= 15 is 0 Å². The molecule has 0 radical (unpaired) electrons. The van der Waals surface area contributed by atoms with Gasteiger partial charge in [0.15, 0.2) is 21.6 Å². The Bertz CT molecular complexity index is 724. The minimum absolute atomic E-state index is 0. The van der Waals surface area contributed by atoms with Crippen molar-refractivity contribution in [3.05, 3.63) is 11.6 Å². The first-order valence-corrected chi connectivity index (χ1v) is 10.4. The van der Waals surface area contributed by atoms with E-state index in [1.807, 2.05) is 4.68 Å². The van der Waals surface area contributed by atoms with Crippen molar-refractivity contribution in [3.63, 3.8) is 0 Å². The molecule has 2 N–H and O–H groups in total. The summed E-state index contributed by atoms with van der Waals surface area (Å²) in [5.41, 5.74) is 0. The molecule has 2 rings (SSSR count). The van der Waals surface area contributed by atoms with Crippen molar-refractivity contribution in [2.75, 3.05) is 19.3 Å². The third-order valence-corrected chi connectivity index (χ3v) is 6.99. The van der Waals surface area contributed by atoms with Crippen molar-refractivity contribution in [2.45, 2.75) is 64.3 Å².